The van der Waals surface area contributed by atoms with Gasteiger partial charge in [-0.25, -0.2) is 8.42 Å². The number of carboxylic acids is 1. The molecule has 0 bridgehead atoms. The van der Waals surface area contributed by atoms with Crippen LogP contribution in [-0.2, 0) is 27.2 Å². The lowest BCUT2D eigenvalue weighted by Crippen LogP contribution is -2.06. The van der Waals surface area contributed by atoms with Crippen molar-refractivity contribution in [3.63, 3.8) is 0 Å². The molecule has 0 aliphatic rings. The molecule has 0 saturated heterocycles. The number of hydrogen-bond donors (Lipinski definition) is 1. The molecule has 0 saturated carbocycles. The van der Waals surface area contributed by atoms with Crippen molar-refractivity contribution in [2.45, 2.75) is 24.4 Å². The van der Waals surface area contributed by atoms with Gasteiger partial charge in [-0.3, -0.25) is 4.79 Å². The SMILES string of the molecule is Cc1c(CC(=O)O)c(-c2cccc(S(C)(=O)=O)c2)cn1-c1ccc(C(F)(F)F)cc1. The van der Waals surface area contributed by atoms with E-state index in [1.807, 2.05) is 0 Å². The fraction of sp³-hybridized carbons (Fsp3) is 0.190. The van der Waals surface area contributed by atoms with Crippen molar-refractivity contribution in [1.82, 2.24) is 4.57 Å². The third-order valence-electron chi connectivity index (χ3n) is 4.76. The molecule has 0 fully saturated rings. The highest BCUT2D eigenvalue weighted by atomic mass is 32.2. The molecule has 3 aromatic rings. The summed E-state index contributed by atoms with van der Waals surface area (Å²) in [5, 5.41) is 9.32. The van der Waals surface area contributed by atoms with E-state index in [9.17, 15) is 31.5 Å². The number of hydrogen-bond acceptors (Lipinski definition) is 3. The molecule has 2 aromatic carbocycles. The Morgan fingerprint density at radius 2 is 1.73 bits per heavy atom. The van der Waals surface area contributed by atoms with Crippen LogP contribution in [0.3, 0.4) is 0 Å². The molecular weight excluding hydrogens is 419 g/mol. The molecule has 0 atom stereocenters. The Kier molecular flexibility index (Phi) is 5.51. The van der Waals surface area contributed by atoms with Gasteiger partial charge in [-0.1, -0.05) is 12.1 Å². The summed E-state index contributed by atoms with van der Waals surface area (Å²) in [7, 11) is -3.47. The first-order chi connectivity index (χ1) is 13.9. The van der Waals surface area contributed by atoms with Crippen LogP contribution in [0.25, 0.3) is 16.8 Å². The fourth-order valence-electron chi connectivity index (χ4n) is 3.24. The summed E-state index contributed by atoms with van der Waals surface area (Å²) >= 11 is 0. The lowest BCUT2D eigenvalue weighted by atomic mass is 10.0. The first kappa shape index (κ1) is 21.6. The summed E-state index contributed by atoms with van der Waals surface area (Å²) in [5.74, 6) is -1.08. The lowest BCUT2D eigenvalue weighted by Gasteiger charge is -2.10. The smallest absolute Gasteiger partial charge is 0.416 e. The maximum absolute atomic E-state index is 12.8. The molecule has 158 valence electrons. The molecule has 30 heavy (non-hydrogen) atoms. The summed E-state index contributed by atoms with van der Waals surface area (Å²) in [6.45, 7) is 1.67. The molecule has 1 N–H and O–H groups in total. The molecule has 0 amide bonds. The fourth-order valence-corrected chi connectivity index (χ4v) is 3.91. The number of nitrogens with zero attached hydrogens (tertiary/aromatic N) is 1. The third kappa shape index (κ3) is 4.40. The minimum atomic E-state index is -4.46. The number of rotatable bonds is 5. The number of halogens is 3. The molecule has 0 radical (unpaired) electrons. The molecule has 0 aliphatic heterocycles. The van der Waals surface area contributed by atoms with Crippen molar-refractivity contribution in [3.05, 3.63) is 71.5 Å². The highest BCUT2D eigenvalue weighted by molar-refractivity contribution is 7.90. The first-order valence-electron chi connectivity index (χ1n) is 8.78. The predicted octanol–water partition coefficient (Wildman–Crippen LogP) is 4.50. The normalized spacial score (nSPS) is 12.2. The Morgan fingerprint density at radius 1 is 1.10 bits per heavy atom. The van der Waals surface area contributed by atoms with E-state index in [0.717, 1.165) is 18.4 Å². The van der Waals surface area contributed by atoms with E-state index in [1.54, 1.807) is 29.8 Å². The molecule has 9 heteroatoms. The topological polar surface area (TPSA) is 76.4 Å². The number of carboxylic acid groups (broad SMARTS) is 1. The highest BCUT2D eigenvalue weighted by Gasteiger charge is 2.30. The number of alkyl halides is 3. The average Bonchev–Trinajstić information content (AvgIpc) is 2.97. The van der Waals surface area contributed by atoms with Gasteiger partial charge in [0.15, 0.2) is 9.84 Å². The van der Waals surface area contributed by atoms with Gasteiger partial charge in [0, 0.05) is 29.4 Å². The van der Waals surface area contributed by atoms with Crippen molar-refractivity contribution in [1.29, 1.82) is 0 Å². The highest BCUT2D eigenvalue weighted by Crippen LogP contribution is 2.33. The van der Waals surface area contributed by atoms with Crippen LogP contribution in [0.4, 0.5) is 13.2 Å². The van der Waals surface area contributed by atoms with E-state index in [-0.39, 0.29) is 11.3 Å². The van der Waals surface area contributed by atoms with Crippen LogP contribution in [0.5, 0.6) is 0 Å². The predicted molar refractivity (Wildman–Crippen MR) is 105 cm³/mol. The van der Waals surface area contributed by atoms with E-state index < -0.39 is 27.5 Å². The van der Waals surface area contributed by atoms with Gasteiger partial charge in [-0.15, -0.1) is 0 Å². The van der Waals surface area contributed by atoms with E-state index in [1.165, 1.54) is 24.3 Å². The Bertz CT molecular complexity index is 1210. The van der Waals surface area contributed by atoms with Crippen LogP contribution in [-0.4, -0.2) is 30.3 Å². The van der Waals surface area contributed by atoms with Crippen LogP contribution < -0.4 is 0 Å². The zero-order valence-electron chi connectivity index (χ0n) is 16.1. The number of aliphatic carboxylic acids is 1. The van der Waals surface area contributed by atoms with Gasteiger partial charge < -0.3 is 9.67 Å². The lowest BCUT2D eigenvalue weighted by molar-refractivity contribution is -0.138. The van der Waals surface area contributed by atoms with Crippen LogP contribution in [0.15, 0.2) is 59.6 Å². The van der Waals surface area contributed by atoms with Gasteiger partial charge in [0.05, 0.1) is 16.9 Å². The van der Waals surface area contributed by atoms with Gasteiger partial charge in [-0.2, -0.15) is 13.2 Å². The van der Waals surface area contributed by atoms with Gasteiger partial charge in [0.2, 0.25) is 0 Å². The summed E-state index contributed by atoms with van der Waals surface area (Å²) in [4.78, 5) is 11.5. The van der Waals surface area contributed by atoms with Crippen LogP contribution in [0.1, 0.15) is 16.8 Å². The Hall–Kier alpha value is -3.07. The number of aromatic nitrogens is 1. The first-order valence-corrected chi connectivity index (χ1v) is 10.7. The zero-order chi connectivity index (χ0) is 22.3. The summed E-state index contributed by atoms with van der Waals surface area (Å²) in [6.07, 6.45) is -2.10. The molecule has 5 nitrogen and oxygen atoms in total. The minimum absolute atomic E-state index is 0.0845. The van der Waals surface area contributed by atoms with Crippen molar-refractivity contribution in [3.8, 4) is 16.8 Å². The van der Waals surface area contributed by atoms with E-state index >= 15 is 0 Å². The summed E-state index contributed by atoms with van der Waals surface area (Å²) in [5.41, 5.74) is 1.63. The van der Waals surface area contributed by atoms with Crippen LogP contribution >= 0.6 is 0 Å². The minimum Gasteiger partial charge on any atom is -0.481 e. The van der Waals surface area contributed by atoms with Crippen LogP contribution in [0, 0.1) is 6.92 Å². The van der Waals surface area contributed by atoms with E-state index in [2.05, 4.69) is 0 Å². The maximum Gasteiger partial charge on any atom is 0.416 e. The van der Waals surface area contributed by atoms with Crippen molar-refractivity contribution >= 4 is 15.8 Å². The Morgan fingerprint density at radius 3 is 2.27 bits per heavy atom. The second-order valence-corrected chi connectivity index (χ2v) is 8.91. The van der Waals surface area contributed by atoms with Crippen molar-refractivity contribution < 1.29 is 31.5 Å². The molecular formula is C21H18F3NO4S. The maximum atomic E-state index is 12.8. The standard InChI is InChI=1S/C21H18F3NO4S/c1-13-18(11-20(26)27)19(14-4-3-5-17(10-14)30(2,28)29)12-25(13)16-8-6-15(7-9-16)21(22,23)24/h3-10,12H,11H2,1-2H3,(H,26,27). The monoisotopic (exact) mass is 437 g/mol. The largest absolute Gasteiger partial charge is 0.481 e. The number of benzene rings is 2. The van der Waals surface area contributed by atoms with Crippen molar-refractivity contribution in [2.75, 3.05) is 6.26 Å². The van der Waals surface area contributed by atoms with Gasteiger partial charge in [0.1, 0.15) is 0 Å². The Labute approximate surface area is 171 Å². The molecule has 3 rings (SSSR count). The molecule has 1 aromatic heterocycles. The molecule has 0 aliphatic carbocycles. The zero-order valence-corrected chi connectivity index (χ0v) is 16.9. The third-order valence-corrected chi connectivity index (χ3v) is 5.87. The summed E-state index contributed by atoms with van der Waals surface area (Å²) in [6, 6.07) is 10.6. The molecule has 0 spiro atoms. The van der Waals surface area contributed by atoms with Gasteiger partial charge in [0.25, 0.3) is 0 Å². The number of sulfone groups is 1. The van der Waals surface area contributed by atoms with Crippen LogP contribution in [0.2, 0.25) is 0 Å². The van der Waals surface area contributed by atoms with E-state index in [0.29, 0.717) is 28.1 Å². The quantitative estimate of drug-likeness (QED) is 0.638. The molecule has 1 heterocycles. The molecule has 0 unspecified atom stereocenters. The average molecular weight is 437 g/mol. The number of carbonyl (C=O) groups is 1. The van der Waals surface area contributed by atoms with Gasteiger partial charge >= 0.3 is 12.1 Å². The Balaban J connectivity index is 2.17. The van der Waals surface area contributed by atoms with Crippen molar-refractivity contribution in [2.24, 2.45) is 0 Å². The second-order valence-electron chi connectivity index (χ2n) is 6.89. The second kappa shape index (κ2) is 7.64. The van der Waals surface area contributed by atoms with Gasteiger partial charge in [-0.05, 0) is 54.4 Å². The van der Waals surface area contributed by atoms with E-state index in [4.69, 9.17) is 0 Å². The summed E-state index contributed by atoms with van der Waals surface area (Å²) < 4.78 is 63.9.